The molecule has 0 unspecified atom stereocenters. The van der Waals surface area contributed by atoms with E-state index >= 15 is 0 Å². The van der Waals surface area contributed by atoms with Crippen LogP contribution in [0.25, 0.3) is 0 Å². The normalized spacial score (nSPS) is 10.6. The van der Waals surface area contributed by atoms with Crippen molar-refractivity contribution in [2.45, 2.75) is 34.6 Å². The Kier molecular flexibility index (Phi) is 4.55. The first-order chi connectivity index (χ1) is 5.83. The molecule has 0 spiro atoms. The van der Waals surface area contributed by atoms with Crippen LogP contribution in [0.4, 0.5) is 0 Å². The highest BCUT2D eigenvalue weighted by molar-refractivity contribution is 5.71. The van der Waals surface area contributed by atoms with Gasteiger partial charge in [-0.25, -0.2) is 0 Å². The molecule has 0 aromatic carbocycles. The number of rotatable bonds is 2. The van der Waals surface area contributed by atoms with E-state index in [9.17, 15) is 4.79 Å². The summed E-state index contributed by atoms with van der Waals surface area (Å²) in [7, 11) is 0. The van der Waals surface area contributed by atoms with Crippen LogP contribution in [0.3, 0.4) is 0 Å². The molecule has 0 amide bonds. The Morgan fingerprint density at radius 2 is 1.92 bits per heavy atom. The van der Waals surface area contributed by atoms with Gasteiger partial charge in [0.2, 0.25) is 0 Å². The van der Waals surface area contributed by atoms with Gasteiger partial charge in [-0.05, 0) is 20.8 Å². The van der Waals surface area contributed by atoms with Gasteiger partial charge in [0, 0.05) is 5.41 Å². The standard InChI is InChI=1S/C11H18O2/c1-9(2)10(12)13-8-6-7-11(3,4)5/h9H,8H2,1-5H3. The molecule has 0 aliphatic heterocycles. The molecule has 0 rings (SSSR count). The van der Waals surface area contributed by atoms with Crippen molar-refractivity contribution >= 4 is 5.97 Å². The van der Waals surface area contributed by atoms with Gasteiger partial charge in [-0.15, -0.1) is 0 Å². The molecule has 13 heavy (non-hydrogen) atoms. The van der Waals surface area contributed by atoms with E-state index in [1.165, 1.54) is 0 Å². The molecular formula is C11H18O2. The molecule has 0 aromatic rings. The Labute approximate surface area is 80.7 Å². The second-order valence-corrected chi connectivity index (χ2v) is 4.31. The van der Waals surface area contributed by atoms with Crippen molar-refractivity contribution < 1.29 is 9.53 Å². The van der Waals surface area contributed by atoms with Crippen molar-refractivity contribution in [1.82, 2.24) is 0 Å². The zero-order valence-corrected chi connectivity index (χ0v) is 9.10. The van der Waals surface area contributed by atoms with Crippen LogP contribution in [0, 0.1) is 23.2 Å². The molecule has 0 N–H and O–H groups in total. The number of esters is 1. The van der Waals surface area contributed by atoms with E-state index in [0.29, 0.717) is 0 Å². The molecule has 74 valence electrons. The molecule has 0 aromatic heterocycles. The number of hydrogen-bond donors (Lipinski definition) is 0. The number of carbonyl (C=O) groups is 1. The SMILES string of the molecule is CC(C)C(=O)OCC#CC(C)(C)C. The van der Waals surface area contributed by atoms with Crippen molar-refractivity contribution in [1.29, 1.82) is 0 Å². The third-order valence-electron chi connectivity index (χ3n) is 1.22. The highest BCUT2D eigenvalue weighted by Gasteiger charge is 2.07. The predicted octanol–water partition coefficient (Wildman–Crippen LogP) is 2.24. The number of ether oxygens (including phenoxy) is 1. The van der Waals surface area contributed by atoms with Crippen LogP contribution in [0.15, 0.2) is 0 Å². The first-order valence-electron chi connectivity index (χ1n) is 4.49. The first-order valence-corrected chi connectivity index (χ1v) is 4.49. The van der Waals surface area contributed by atoms with Gasteiger partial charge in [-0.1, -0.05) is 25.7 Å². The quantitative estimate of drug-likeness (QED) is 0.483. The highest BCUT2D eigenvalue weighted by atomic mass is 16.5. The van der Waals surface area contributed by atoms with Crippen molar-refractivity contribution in [2.24, 2.45) is 11.3 Å². The van der Waals surface area contributed by atoms with E-state index in [2.05, 4.69) is 11.8 Å². The van der Waals surface area contributed by atoms with Gasteiger partial charge in [0.1, 0.15) is 0 Å². The molecule has 0 heterocycles. The second kappa shape index (κ2) is 4.91. The Bertz CT molecular complexity index is 223. The van der Waals surface area contributed by atoms with Crippen molar-refractivity contribution in [3.05, 3.63) is 0 Å². The largest absolute Gasteiger partial charge is 0.452 e. The van der Waals surface area contributed by atoms with Gasteiger partial charge in [0.15, 0.2) is 6.61 Å². The zero-order valence-electron chi connectivity index (χ0n) is 9.10. The van der Waals surface area contributed by atoms with Crippen LogP contribution in [0.1, 0.15) is 34.6 Å². The maximum Gasteiger partial charge on any atom is 0.309 e. The van der Waals surface area contributed by atoms with Crippen molar-refractivity contribution in [2.75, 3.05) is 6.61 Å². The molecule has 0 radical (unpaired) electrons. The van der Waals surface area contributed by atoms with E-state index < -0.39 is 0 Å². The predicted molar refractivity (Wildman–Crippen MR) is 53.0 cm³/mol. The van der Waals surface area contributed by atoms with Crippen LogP contribution >= 0.6 is 0 Å². The van der Waals surface area contributed by atoms with Crippen LogP contribution in [-0.2, 0) is 9.53 Å². The van der Waals surface area contributed by atoms with E-state index in [1.54, 1.807) is 13.8 Å². The van der Waals surface area contributed by atoms with E-state index in [4.69, 9.17) is 4.74 Å². The molecule has 2 heteroatoms. The van der Waals surface area contributed by atoms with Crippen LogP contribution in [-0.4, -0.2) is 12.6 Å². The topological polar surface area (TPSA) is 26.3 Å². The Balaban J connectivity index is 3.79. The number of hydrogen-bond acceptors (Lipinski definition) is 2. The van der Waals surface area contributed by atoms with Gasteiger partial charge >= 0.3 is 5.97 Å². The van der Waals surface area contributed by atoms with Crippen LogP contribution < -0.4 is 0 Å². The fraction of sp³-hybridized carbons (Fsp3) is 0.727. The first kappa shape index (κ1) is 12.0. The summed E-state index contributed by atoms with van der Waals surface area (Å²) in [5, 5.41) is 0. The summed E-state index contributed by atoms with van der Waals surface area (Å²) < 4.78 is 4.89. The molecule has 0 aliphatic rings. The lowest BCUT2D eigenvalue weighted by atomic mass is 9.98. The monoisotopic (exact) mass is 182 g/mol. The molecule has 0 saturated carbocycles. The van der Waals surface area contributed by atoms with Gasteiger partial charge in [0.05, 0.1) is 5.92 Å². The summed E-state index contributed by atoms with van der Waals surface area (Å²) in [6.45, 7) is 9.87. The Morgan fingerprint density at radius 3 is 2.31 bits per heavy atom. The minimum Gasteiger partial charge on any atom is -0.452 e. The summed E-state index contributed by atoms with van der Waals surface area (Å²) in [6, 6.07) is 0. The summed E-state index contributed by atoms with van der Waals surface area (Å²) in [6.07, 6.45) is 0. The third kappa shape index (κ3) is 7.39. The van der Waals surface area contributed by atoms with Gasteiger partial charge in [0.25, 0.3) is 0 Å². The smallest absolute Gasteiger partial charge is 0.309 e. The number of carbonyl (C=O) groups excluding carboxylic acids is 1. The molecule has 0 atom stereocenters. The zero-order chi connectivity index (χ0) is 10.5. The molecule has 0 fully saturated rings. The van der Waals surface area contributed by atoms with Gasteiger partial charge in [-0.3, -0.25) is 4.79 Å². The summed E-state index contributed by atoms with van der Waals surface area (Å²) in [5.41, 5.74) is -0.0236. The molecule has 0 aliphatic carbocycles. The van der Waals surface area contributed by atoms with E-state index in [1.807, 2.05) is 20.8 Å². The lowest BCUT2D eigenvalue weighted by Gasteiger charge is -2.07. The molecule has 2 nitrogen and oxygen atoms in total. The van der Waals surface area contributed by atoms with Gasteiger partial charge in [-0.2, -0.15) is 0 Å². The van der Waals surface area contributed by atoms with E-state index in [0.717, 1.165) is 0 Å². The maximum absolute atomic E-state index is 11.0. The average Bonchev–Trinajstić information content (AvgIpc) is 1.95. The molecule has 0 saturated heterocycles. The third-order valence-corrected chi connectivity index (χ3v) is 1.22. The van der Waals surface area contributed by atoms with Crippen LogP contribution in [0.5, 0.6) is 0 Å². The van der Waals surface area contributed by atoms with E-state index in [-0.39, 0.29) is 23.9 Å². The molecular weight excluding hydrogens is 164 g/mol. The van der Waals surface area contributed by atoms with Gasteiger partial charge < -0.3 is 4.74 Å². The lowest BCUT2D eigenvalue weighted by Crippen LogP contribution is -2.11. The minimum atomic E-state index is -0.191. The fourth-order valence-corrected chi connectivity index (χ4v) is 0.575. The highest BCUT2D eigenvalue weighted by Crippen LogP contribution is 2.09. The second-order valence-electron chi connectivity index (χ2n) is 4.31. The maximum atomic E-state index is 11.0. The lowest BCUT2D eigenvalue weighted by molar-refractivity contribution is -0.145. The average molecular weight is 182 g/mol. The summed E-state index contributed by atoms with van der Waals surface area (Å²) in [4.78, 5) is 11.0. The van der Waals surface area contributed by atoms with Crippen molar-refractivity contribution in [3.8, 4) is 11.8 Å². The Morgan fingerprint density at radius 1 is 1.38 bits per heavy atom. The fourth-order valence-electron chi connectivity index (χ4n) is 0.575. The molecule has 0 bridgehead atoms. The Hall–Kier alpha value is -0.970. The summed E-state index contributed by atoms with van der Waals surface area (Å²) >= 11 is 0. The van der Waals surface area contributed by atoms with Crippen LogP contribution in [0.2, 0.25) is 0 Å². The minimum absolute atomic E-state index is 0.0236. The van der Waals surface area contributed by atoms with Crippen molar-refractivity contribution in [3.63, 3.8) is 0 Å². The summed E-state index contributed by atoms with van der Waals surface area (Å²) in [5.74, 6) is 5.54.